The lowest BCUT2D eigenvalue weighted by Crippen LogP contribution is -2.30. The minimum absolute atomic E-state index is 0.365. The van der Waals surface area contributed by atoms with Crippen LogP contribution in [0.2, 0.25) is 0 Å². The van der Waals surface area contributed by atoms with Crippen LogP contribution in [0.4, 0.5) is 0 Å². The molecular weight excluding hydrogens is 162 g/mol. The molecule has 0 aromatic rings. The summed E-state index contributed by atoms with van der Waals surface area (Å²) in [5.41, 5.74) is 0. The second kappa shape index (κ2) is 4.37. The molecule has 0 aromatic heterocycles. The summed E-state index contributed by atoms with van der Waals surface area (Å²) in [7, 11) is -2.91. The molecule has 0 aliphatic rings. The van der Waals surface area contributed by atoms with Gasteiger partial charge in [-0.15, -0.1) is 6.42 Å². The molecule has 4 heteroatoms. The molecule has 11 heavy (non-hydrogen) atoms. The Bertz CT molecular complexity index is 238. The van der Waals surface area contributed by atoms with Crippen molar-refractivity contribution in [2.45, 2.75) is 12.2 Å². The van der Waals surface area contributed by atoms with Crippen LogP contribution in [0.3, 0.4) is 0 Å². The number of terminal acetylenes is 1. The highest BCUT2D eigenvalue weighted by atomic mass is 32.2. The topological polar surface area (TPSA) is 46.2 Å². The molecular formula is C7H13NO2S. The van der Waals surface area contributed by atoms with Crippen LogP contribution in [-0.2, 0) is 9.84 Å². The molecule has 0 saturated carbocycles. The fourth-order valence-electron chi connectivity index (χ4n) is 0.499. The molecule has 0 amide bonds. The molecule has 0 aliphatic heterocycles. The van der Waals surface area contributed by atoms with Crippen LogP contribution >= 0.6 is 0 Å². The Hall–Kier alpha value is -0.530. The molecule has 0 aliphatic carbocycles. The van der Waals surface area contributed by atoms with Crippen LogP contribution in [-0.4, -0.2) is 33.0 Å². The van der Waals surface area contributed by atoms with Gasteiger partial charge in [0.05, 0.1) is 11.8 Å². The Morgan fingerprint density at radius 3 is 2.55 bits per heavy atom. The van der Waals surface area contributed by atoms with E-state index < -0.39 is 9.84 Å². The van der Waals surface area contributed by atoms with Gasteiger partial charge in [-0.3, -0.25) is 0 Å². The summed E-state index contributed by atoms with van der Waals surface area (Å²) in [6, 6.07) is 0. The maximum absolute atomic E-state index is 10.8. The summed E-state index contributed by atoms with van der Waals surface area (Å²) in [4.78, 5) is 0. The van der Waals surface area contributed by atoms with Gasteiger partial charge in [-0.1, -0.05) is 5.92 Å². The van der Waals surface area contributed by atoms with Crippen LogP contribution in [0.1, 0.15) is 6.92 Å². The zero-order valence-corrected chi connectivity index (χ0v) is 7.61. The van der Waals surface area contributed by atoms with Crippen molar-refractivity contribution >= 4 is 9.84 Å². The summed E-state index contributed by atoms with van der Waals surface area (Å²) < 4.78 is 21.7. The fourth-order valence-corrected chi connectivity index (χ4v) is 0.920. The van der Waals surface area contributed by atoms with Crippen molar-refractivity contribution < 1.29 is 8.42 Å². The second-order valence-electron chi connectivity index (χ2n) is 2.48. The molecule has 0 bridgehead atoms. The average Bonchev–Trinajstić information content (AvgIpc) is 1.86. The first-order chi connectivity index (χ1) is 4.98. The zero-order chi connectivity index (χ0) is 8.91. The van der Waals surface area contributed by atoms with Crippen molar-refractivity contribution in [1.82, 2.24) is 5.32 Å². The first-order valence-corrected chi connectivity index (χ1v) is 5.27. The minimum atomic E-state index is -2.91. The predicted octanol–water partition coefficient (Wildman–Crippen LogP) is -0.358. The number of hydrogen-bond donors (Lipinski definition) is 1. The van der Waals surface area contributed by atoms with E-state index in [0.717, 1.165) is 0 Å². The van der Waals surface area contributed by atoms with Crippen molar-refractivity contribution in [2.75, 3.05) is 19.3 Å². The monoisotopic (exact) mass is 175 g/mol. The first-order valence-electron chi connectivity index (χ1n) is 3.31. The van der Waals surface area contributed by atoms with Crippen molar-refractivity contribution in [3.8, 4) is 12.3 Å². The van der Waals surface area contributed by atoms with Gasteiger partial charge in [0, 0.05) is 12.8 Å². The van der Waals surface area contributed by atoms with E-state index in [2.05, 4.69) is 11.2 Å². The summed E-state index contributed by atoms with van der Waals surface area (Å²) >= 11 is 0. The molecule has 1 atom stereocenters. The lowest BCUT2D eigenvalue weighted by Gasteiger charge is -2.07. The molecule has 0 saturated heterocycles. The number of rotatable bonds is 4. The first kappa shape index (κ1) is 10.5. The summed E-state index contributed by atoms with van der Waals surface area (Å²) in [5.74, 6) is 2.37. The van der Waals surface area contributed by atoms with E-state index in [0.29, 0.717) is 13.1 Å². The third kappa shape index (κ3) is 4.82. The van der Waals surface area contributed by atoms with E-state index in [1.807, 2.05) is 0 Å². The van der Waals surface area contributed by atoms with Crippen LogP contribution < -0.4 is 5.32 Å². The Balaban J connectivity index is 3.73. The van der Waals surface area contributed by atoms with Gasteiger partial charge < -0.3 is 5.32 Å². The van der Waals surface area contributed by atoms with E-state index in [-0.39, 0.29) is 5.25 Å². The van der Waals surface area contributed by atoms with E-state index in [1.54, 1.807) is 6.92 Å². The van der Waals surface area contributed by atoms with Crippen LogP contribution in [0.25, 0.3) is 0 Å². The summed E-state index contributed by atoms with van der Waals surface area (Å²) in [5, 5.41) is 2.46. The van der Waals surface area contributed by atoms with Crippen LogP contribution in [0.5, 0.6) is 0 Å². The second-order valence-corrected chi connectivity index (χ2v) is 4.94. The third-order valence-electron chi connectivity index (χ3n) is 1.39. The fraction of sp³-hybridized carbons (Fsp3) is 0.714. The van der Waals surface area contributed by atoms with Gasteiger partial charge in [0.15, 0.2) is 9.84 Å². The smallest absolute Gasteiger partial charge is 0.151 e. The Morgan fingerprint density at radius 2 is 2.18 bits per heavy atom. The largest absolute Gasteiger partial charge is 0.305 e. The average molecular weight is 175 g/mol. The summed E-state index contributed by atoms with van der Waals surface area (Å²) in [6.45, 7) is 2.49. The van der Waals surface area contributed by atoms with Gasteiger partial charge >= 0.3 is 0 Å². The van der Waals surface area contributed by atoms with Gasteiger partial charge in [0.25, 0.3) is 0 Å². The molecule has 0 radical (unpaired) electrons. The van der Waals surface area contributed by atoms with Gasteiger partial charge in [-0.2, -0.15) is 0 Å². The van der Waals surface area contributed by atoms with Crippen LogP contribution in [0, 0.1) is 12.3 Å². The molecule has 0 spiro atoms. The quantitative estimate of drug-likeness (QED) is 0.469. The molecule has 1 N–H and O–H groups in total. The highest BCUT2D eigenvalue weighted by molar-refractivity contribution is 7.91. The molecule has 3 nitrogen and oxygen atoms in total. The van der Waals surface area contributed by atoms with Crippen LogP contribution in [0.15, 0.2) is 0 Å². The normalized spacial score (nSPS) is 13.9. The number of sulfone groups is 1. The zero-order valence-electron chi connectivity index (χ0n) is 6.79. The lowest BCUT2D eigenvalue weighted by molar-refractivity contribution is 0.582. The SMILES string of the molecule is C#CCNCC(C)S(C)(=O)=O. The van der Waals surface area contributed by atoms with Gasteiger partial charge in [-0.25, -0.2) is 8.42 Å². The van der Waals surface area contributed by atoms with E-state index >= 15 is 0 Å². The standard InChI is InChI=1S/C7H13NO2S/c1-4-5-8-6-7(2)11(3,9)10/h1,7-8H,5-6H2,2-3H3. The van der Waals surface area contributed by atoms with Crippen molar-refractivity contribution in [3.63, 3.8) is 0 Å². The van der Waals surface area contributed by atoms with Crippen molar-refractivity contribution in [2.24, 2.45) is 0 Å². The maximum atomic E-state index is 10.8. The van der Waals surface area contributed by atoms with Gasteiger partial charge in [0.2, 0.25) is 0 Å². The Morgan fingerprint density at radius 1 is 1.64 bits per heavy atom. The molecule has 1 unspecified atom stereocenters. The van der Waals surface area contributed by atoms with E-state index in [9.17, 15) is 8.42 Å². The highest BCUT2D eigenvalue weighted by Crippen LogP contribution is 1.94. The van der Waals surface area contributed by atoms with Gasteiger partial charge in [-0.05, 0) is 6.92 Å². The predicted molar refractivity (Wildman–Crippen MR) is 46.0 cm³/mol. The molecule has 0 heterocycles. The van der Waals surface area contributed by atoms with E-state index in [4.69, 9.17) is 6.42 Å². The molecule has 0 aromatic carbocycles. The maximum Gasteiger partial charge on any atom is 0.151 e. The highest BCUT2D eigenvalue weighted by Gasteiger charge is 2.12. The third-order valence-corrected chi connectivity index (χ3v) is 3.02. The molecule has 64 valence electrons. The number of nitrogens with one attached hydrogen (secondary N) is 1. The van der Waals surface area contributed by atoms with Crippen molar-refractivity contribution in [3.05, 3.63) is 0 Å². The Kier molecular flexibility index (Phi) is 4.16. The molecule has 0 rings (SSSR count). The Labute approximate surface area is 68.1 Å². The van der Waals surface area contributed by atoms with Gasteiger partial charge in [0.1, 0.15) is 0 Å². The summed E-state index contributed by atoms with van der Waals surface area (Å²) in [6.07, 6.45) is 6.18. The molecule has 0 fully saturated rings. The van der Waals surface area contributed by atoms with E-state index in [1.165, 1.54) is 6.26 Å². The lowest BCUT2D eigenvalue weighted by atomic mass is 10.4. The van der Waals surface area contributed by atoms with Crippen molar-refractivity contribution in [1.29, 1.82) is 0 Å². The number of hydrogen-bond acceptors (Lipinski definition) is 3. The minimum Gasteiger partial charge on any atom is -0.305 e.